The van der Waals surface area contributed by atoms with Gasteiger partial charge >= 0.3 is 18.1 Å². The second kappa shape index (κ2) is 14.5. The number of carboxylic acid groups (broad SMARTS) is 1. The first-order chi connectivity index (χ1) is 18.3. The molecule has 39 heavy (non-hydrogen) atoms. The molecule has 1 heterocycles. The molecule has 0 aliphatic heterocycles. The lowest BCUT2D eigenvalue weighted by molar-refractivity contribution is -0.199. The number of carboxylic acids is 1. The van der Waals surface area contributed by atoms with Crippen LogP contribution < -0.4 is 10.6 Å². The van der Waals surface area contributed by atoms with Crippen LogP contribution in [-0.4, -0.2) is 65.0 Å². The van der Waals surface area contributed by atoms with Crippen molar-refractivity contribution in [3.05, 3.63) is 70.4 Å². The summed E-state index contributed by atoms with van der Waals surface area (Å²) in [6.45, 7) is 3.08. The average Bonchev–Trinajstić information content (AvgIpc) is 3.27. The lowest BCUT2D eigenvalue weighted by Crippen LogP contribution is -2.32. The molecule has 0 spiro atoms. The number of hydrogen-bond acceptors (Lipinski definition) is 6. The quantitative estimate of drug-likeness (QED) is 0.232. The van der Waals surface area contributed by atoms with Crippen LogP contribution in [-0.2, 0) is 20.7 Å². The molecular formula is C26H29ClF3N3O6. The molecule has 0 aliphatic carbocycles. The monoisotopic (exact) mass is 571 g/mol. The van der Waals surface area contributed by atoms with Gasteiger partial charge in [-0.15, -0.1) is 0 Å². The van der Waals surface area contributed by atoms with Crippen molar-refractivity contribution in [1.82, 2.24) is 15.6 Å². The van der Waals surface area contributed by atoms with Gasteiger partial charge < -0.3 is 30.6 Å². The van der Waals surface area contributed by atoms with Crippen molar-refractivity contribution in [2.75, 3.05) is 19.7 Å². The van der Waals surface area contributed by atoms with Gasteiger partial charge in [0.05, 0.1) is 12.7 Å². The van der Waals surface area contributed by atoms with Gasteiger partial charge in [0.1, 0.15) is 6.54 Å². The van der Waals surface area contributed by atoms with Crippen molar-refractivity contribution < 1.29 is 42.5 Å². The Bertz CT molecular complexity index is 1280. The van der Waals surface area contributed by atoms with Crippen LogP contribution in [0.1, 0.15) is 41.4 Å². The summed E-state index contributed by atoms with van der Waals surface area (Å²) >= 11 is 5.98. The summed E-state index contributed by atoms with van der Waals surface area (Å²) in [7, 11) is 0. The standard InChI is InChI=1S/C22H24ClN3O4.C4H5F3O2/c1-13(24-11-20(27)14-3-2-4-17(23)8-14)7-16-10-25-19-9-15(5-6-18(16)19)22(30)26-12-21(28)29;1-2-9-3(8)4(5,6)7/h2-6,8-10,13,20,24-25,27H,7,11-12H2,1H3,(H,26,30)(H,28,29);2H2,1H3/t13-,20+;/m1./s1. The fourth-order valence-corrected chi connectivity index (χ4v) is 3.71. The number of alkyl halides is 3. The summed E-state index contributed by atoms with van der Waals surface area (Å²) in [6.07, 6.45) is -2.88. The molecule has 0 fully saturated rings. The number of nitrogens with one attached hydrogen (secondary N) is 3. The van der Waals surface area contributed by atoms with Crippen molar-refractivity contribution in [2.45, 2.75) is 38.6 Å². The Hall–Kier alpha value is -3.61. The van der Waals surface area contributed by atoms with Crippen molar-refractivity contribution in [2.24, 2.45) is 0 Å². The Morgan fingerprint density at radius 3 is 2.46 bits per heavy atom. The Labute approximate surface area is 227 Å². The summed E-state index contributed by atoms with van der Waals surface area (Å²) in [5.41, 5.74) is 3.05. The van der Waals surface area contributed by atoms with E-state index in [-0.39, 0.29) is 12.6 Å². The fraction of sp³-hybridized carbons (Fsp3) is 0.346. The van der Waals surface area contributed by atoms with E-state index in [2.05, 4.69) is 20.4 Å². The molecule has 0 radical (unpaired) electrons. The Morgan fingerprint density at radius 1 is 1.15 bits per heavy atom. The van der Waals surface area contributed by atoms with Gasteiger partial charge in [-0.05, 0) is 55.7 Å². The van der Waals surface area contributed by atoms with Gasteiger partial charge in [-0.25, -0.2) is 4.79 Å². The number of aliphatic hydroxyl groups is 1. The van der Waals surface area contributed by atoms with Crippen molar-refractivity contribution in [3.63, 3.8) is 0 Å². The highest BCUT2D eigenvalue weighted by molar-refractivity contribution is 6.30. The summed E-state index contributed by atoms with van der Waals surface area (Å²) < 4.78 is 37.1. The van der Waals surface area contributed by atoms with Crippen LogP contribution in [0.2, 0.25) is 5.02 Å². The molecule has 5 N–H and O–H groups in total. The number of halogens is 4. The Kier molecular flexibility index (Phi) is 11.8. The van der Waals surface area contributed by atoms with E-state index in [4.69, 9.17) is 16.7 Å². The number of fused-ring (bicyclic) bond motifs is 1. The third-order valence-electron chi connectivity index (χ3n) is 5.36. The van der Waals surface area contributed by atoms with E-state index in [0.717, 1.165) is 28.5 Å². The highest BCUT2D eigenvalue weighted by Crippen LogP contribution is 2.22. The van der Waals surface area contributed by atoms with Crippen LogP contribution in [0.15, 0.2) is 48.7 Å². The molecule has 13 heteroatoms. The predicted molar refractivity (Wildman–Crippen MR) is 139 cm³/mol. The van der Waals surface area contributed by atoms with Crippen LogP contribution >= 0.6 is 11.6 Å². The molecule has 2 aromatic carbocycles. The van der Waals surface area contributed by atoms with E-state index in [9.17, 15) is 32.7 Å². The molecule has 0 unspecified atom stereocenters. The van der Waals surface area contributed by atoms with E-state index in [0.29, 0.717) is 17.1 Å². The van der Waals surface area contributed by atoms with Crippen LogP contribution in [0.3, 0.4) is 0 Å². The molecule has 3 aromatic rings. The Balaban J connectivity index is 0.000000510. The van der Waals surface area contributed by atoms with Crippen LogP contribution in [0.25, 0.3) is 10.9 Å². The number of rotatable bonds is 10. The Morgan fingerprint density at radius 2 is 1.87 bits per heavy atom. The maximum absolute atomic E-state index is 12.0. The number of ether oxygens (including phenoxy) is 1. The lowest BCUT2D eigenvalue weighted by atomic mass is 10.0. The molecule has 1 amide bonds. The van der Waals surface area contributed by atoms with Gasteiger partial charge in [0.2, 0.25) is 0 Å². The summed E-state index contributed by atoms with van der Waals surface area (Å²) in [4.78, 5) is 35.5. The van der Waals surface area contributed by atoms with Crippen molar-refractivity contribution >= 4 is 40.3 Å². The third kappa shape index (κ3) is 10.2. The number of esters is 1. The first kappa shape index (κ1) is 31.6. The smallest absolute Gasteiger partial charge is 0.480 e. The van der Waals surface area contributed by atoms with Crippen LogP contribution in [0, 0.1) is 0 Å². The van der Waals surface area contributed by atoms with Crippen molar-refractivity contribution in [3.8, 4) is 0 Å². The summed E-state index contributed by atoms with van der Waals surface area (Å²) in [6, 6.07) is 12.5. The number of benzene rings is 2. The SMILES string of the molecule is CCOC(=O)C(F)(F)F.C[C@H](Cc1c[nH]c2cc(C(=O)NCC(=O)O)ccc12)NC[C@H](O)c1cccc(Cl)c1. The highest BCUT2D eigenvalue weighted by Gasteiger charge is 2.40. The molecule has 3 rings (SSSR count). The lowest BCUT2D eigenvalue weighted by Gasteiger charge is -2.17. The molecule has 0 aliphatic rings. The van der Waals surface area contributed by atoms with Gasteiger partial charge in [-0.3, -0.25) is 9.59 Å². The first-order valence-electron chi connectivity index (χ1n) is 11.8. The number of aliphatic carboxylic acids is 1. The summed E-state index contributed by atoms with van der Waals surface area (Å²) in [5.74, 6) is -3.65. The number of carbonyl (C=O) groups is 3. The topological polar surface area (TPSA) is 141 Å². The van der Waals surface area contributed by atoms with Gasteiger partial charge in [-0.1, -0.05) is 29.8 Å². The zero-order valence-corrected chi connectivity index (χ0v) is 21.9. The van der Waals surface area contributed by atoms with E-state index in [1.807, 2.05) is 31.3 Å². The number of aromatic nitrogens is 1. The third-order valence-corrected chi connectivity index (χ3v) is 5.59. The molecule has 2 atom stereocenters. The number of aliphatic hydroxyl groups excluding tert-OH is 1. The number of H-pyrrole nitrogens is 1. The number of aromatic amines is 1. The van der Waals surface area contributed by atoms with E-state index < -0.39 is 36.7 Å². The van der Waals surface area contributed by atoms with Gasteiger partial charge in [0.25, 0.3) is 5.91 Å². The predicted octanol–water partition coefficient (Wildman–Crippen LogP) is 4.00. The van der Waals surface area contributed by atoms with Gasteiger partial charge in [0, 0.05) is 40.3 Å². The molecule has 212 valence electrons. The van der Waals surface area contributed by atoms with Crippen LogP contribution in [0.5, 0.6) is 0 Å². The van der Waals surface area contributed by atoms with E-state index in [1.54, 1.807) is 24.3 Å². The molecule has 1 aromatic heterocycles. The minimum absolute atomic E-state index is 0.108. The second-order valence-corrected chi connectivity index (χ2v) is 8.89. The highest BCUT2D eigenvalue weighted by atomic mass is 35.5. The zero-order valence-electron chi connectivity index (χ0n) is 21.1. The first-order valence-corrected chi connectivity index (χ1v) is 12.2. The normalized spacial score (nSPS) is 12.7. The number of carbonyl (C=O) groups excluding carboxylic acids is 2. The van der Waals surface area contributed by atoms with Crippen LogP contribution in [0.4, 0.5) is 13.2 Å². The second-order valence-electron chi connectivity index (χ2n) is 8.45. The fourth-order valence-electron chi connectivity index (χ4n) is 3.51. The largest absolute Gasteiger partial charge is 0.490 e. The maximum atomic E-state index is 12.0. The molecule has 0 saturated heterocycles. The molecule has 0 bridgehead atoms. The minimum atomic E-state index is -4.85. The van der Waals surface area contributed by atoms with Gasteiger partial charge in [-0.2, -0.15) is 13.2 Å². The average molecular weight is 572 g/mol. The molecular weight excluding hydrogens is 543 g/mol. The number of hydrogen-bond donors (Lipinski definition) is 5. The number of amides is 1. The minimum Gasteiger partial charge on any atom is -0.480 e. The summed E-state index contributed by atoms with van der Waals surface area (Å²) in [5, 5.41) is 26.3. The zero-order chi connectivity index (χ0) is 29.2. The van der Waals surface area contributed by atoms with Crippen molar-refractivity contribution in [1.29, 1.82) is 0 Å². The van der Waals surface area contributed by atoms with E-state index in [1.165, 1.54) is 6.92 Å². The van der Waals surface area contributed by atoms with E-state index >= 15 is 0 Å². The molecule has 0 saturated carbocycles. The maximum Gasteiger partial charge on any atom is 0.490 e. The van der Waals surface area contributed by atoms with Gasteiger partial charge in [0.15, 0.2) is 0 Å². The molecule has 9 nitrogen and oxygen atoms in total.